The number of hydrogen-bond donors (Lipinski definition) is 3. The Morgan fingerprint density at radius 1 is 0.969 bits per heavy atom. The van der Waals surface area contributed by atoms with Crippen LogP contribution < -0.4 is 10.4 Å². The normalized spacial score (nSPS) is 14.7. The van der Waals surface area contributed by atoms with E-state index < -0.39 is 7.12 Å². The molecule has 0 amide bonds. The fourth-order valence-corrected chi connectivity index (χ4v) is 5.14. The van der Waals surface area contributed by atoms with Crippen molar-refractivity contribution in [1.29, 1.82) is 0 Å². The number of hydrogen-bond acceptors (Lipinski definition) is 7. The molecule has 2 aromatic carbocycles. The highest BCUT2D eigenvalue weighted by Crippen LogP contribution is 2.34. The van der Waals surface area contributed by atoms with Crippen LogP contribution >= 0.6 is 34.5 Å². The highest BCUT2D eigenvalue weighted by atomic mass is 35.5. The van der Waals surface area contributed by atoms with E-state index in [1.165, 1.54) is 11.3 Å². The summed E-state index contributed by atoms with van der Waals surface area (Å²) in [7, 11) is -1.44. The van der Waals surface area contributed by atoms with Gasteiger partial charge in [-0.05, 0) is 35.1 Å². The Kier molecular flexibility index (Phi) is 7.61. The molecule has 0 spiro atoms. The number of aromatic nitrogens is 1. The molecule has 6 nitrogen and oxygen atoms in total. The molecule has 1 fully saturated rings. The van der Waals surface area contributed by atoms with E-state index in [2.05, 4.69) is 14.8 Å². The summed E-state index contributed by atoms with van der Waals surface area (Å²) >= 11 is 13.6. The molecule has 0 aliphatic carbocycles. The molecule has 4 rings (SSSR count). The molecule has 0 atom stereocenters. The van der Waals surface area contributed by atoms with Crippen molar-refractivity contribution in [2.45, 2.75) is 12.8 Å². The molecular formula is C22H24BCl2N3O3S. The van der Waals surface area contributed by atoms with Gasteiger partial charge in [0.05, 0.1) is 14.9 Å². The van der Waals surface area contributed by atoms with Gasteiger partial charge < -0.3 is 20.1 Å². The molecule has 1 saturated heterocycles. The second-order valence-electron chi connectivity index (χ2n) is 7.87. The number of aromatic hydroxyl groups is 1. The smallest absolute Gasteiger partial charge is 0.488 e. The zero-order valence-corrected chi connectivity index (χ0v) is 19.7. The number of piperazine rings is 1. The molecular weight excluding hydrogens is 468 g/mol. The minimum Gasteiger partial charge on any atom is -0.492 e. The van der Waals surface area contributed by atoms with Crippen molar-refractivity contribution in [1.82, 2.24) is 9.88 Å². The Balaban J connectivity index is 1.31. The molecule has 1 aliphatic heterocycles. The first-order valence-corrected chi connectivity index (χ1v) is 12.0. The Hall–Kier alpha value is -1.81. The van der Waals surface area contributed by atoms with Crippen molar-refractivity contribution in [2.75, 3.05) is 37.6 Å². The predicted molar refractivity (Wildman–Crippen MR) is 132 cm³/mol. The topological polar surface area (TPSA) is 80.1 Å². The fraction of sp³-hybridized carbons (Fsp3) is 0.318. The van der Waals surface area contributed by atoms with Crippen molar-refractivity contribution < 1.29 is 15.2 Å². The van der Waals surface area contributed by atoms with E-state index in [9.17, 15) is 15.2 Å². The summed E-state index contributed by atoms with van der Waals surface area (Å²) < 4.78 is 0. The summed E-state index contributed by atoms with van der Waals surface area (Å²) in [5, 5.41) is 30.9. The zero-order valence-electron chi connectivity index (χ0n) is 17.4. The van der Waals surface area contributed by atoms with E-state index in [0.29, 0.717) is 21.9 Å². The molecule has 0 unspecified atom stereocenters. The highest BCUT2D eigenvalue weighted by Gasteiger charge is 2.22. The first-order chi connectivity index (χ1) is 15.4. The molecule has 3 N–H and O–H groups in total. The highest BCUT2D eigenvalue weighted by molar-refractivity contribution is 7.15. The first kappa shape index (κ1) is 23.4. The molecule has 2 heterocycles. The van der Waals surface area contributed by atoms with Gasteiger partial charge in [0.25, 0.3) is 0 Å². The molecule has 0 saturated carbocycles. The number of thiazole rings is 1. The van der Waals surface area contributed by atoms with Crippen molar-refractivity contribution in [3.8, 4) is 5.88 Å². The third kappa shape index (κ3) is 5.75. The number of anilines is 1. The molecule has 1 aliphatic rings. The summed E-state index contributed by atoms with van der Waals surface area (Å²) in [6.45, 7) is 4.41. The van der Waals surface area contributed by atoms with Gasteiger partial charge in [-0.25, -0.2) is 0 Å². The standard InChI is InChI=1S/C22H24BCl2N3O3S/c24-18-5-4-16(13-19(18)25)14-20-21(29)26-22(32-20)28-10-8-27(9-11-28)7-6-15-2-1-3-17(12-15)23(30)31/h1-5,12-13,29-31H,6-11,14H2. The van der Waals surface area contributed by atoms with Crippen molar-refractivity contribution in [2.24, 2.45) is 0 Å². The number of halogens is 2. The van der Waals surface area contributed by atoms with Gasteiger partial charge in [0.15, 0.2) is 5.13 Å². The quantitative estimate of drug-likeness (QED) is 0.441. The first-order valence-electron chi connectivity index (χ1n) is 10.4. The van der Waals surface area contributed by atoms with E-state index in [4.69, 9.17) is 23.2 Å². The van der Waals surface area contributed by atoms with Gasteiger partial charge in [0.1, 0.15) is 0 Å². The third-order valence-electron chi connectivity index (χ3n) is 5.62. The maximum atomic E-state index is 10.3. The molecule has 1 aromatic heterocycles. The SMILES string of the molecule is OB(O)c1cccc(CCN2CCN(c3nc(O)c(Cc4ccc(Cl)c(Cl)c4)s3)CC2)c1. The summed E-state index contributed by atoms with van der Waals surface area (Å²) in [5.41, 5.74) is 2.59. The van der Waals surface area contributed by atoms with Crippen LogP contribution in [0.3, 0.4) is 0 Å². The van der Waals surface area contributed by atoms with Crippen LogP contribution in [0.25, 0.3) is 0 Å². The molecule has 168 valence electrons. The van der Waals surface area contributed by atoms with E-state index >= 15 is 0 Å². The van der Waals surface area contributed by atoms with Crippen LogP contribution in [0.2, 0.25) is 10.0 Å². The van der Waals surface area contributed by atoms with Crippen LogP contribution in [0.15, 0.2) is 42.5 Å². The lowest BCUT2D eigenvalue weighted by Gasteiger charge is -2.34. The third-order valence-corrected chi connectivity index (χ3v) is 7.47. The van der Waals surface area contributed by atoms with Crippen LogP contribution in [-0.2, 0) is 12.8 Å². The lowest BCUT2D eigenvalue weighted by molar-refractivity contribution is 0.261. The minimum absolute atomic E-state index is 0.0736. The predicted octanol–water partition coefficient (Wildman–Crippen LogP) is 2.79. The van der Waals surface area contributed by atoms with E-state index in [1.807, 2.05) is 30.3 Å². The van der Waals surface area contributed by atoms with E-state index in [-0.39, 0.29) is 5.88 Å². The van der Waals surface area contributed by atoms with Gasteiger partial charge >= 0.3 is 7.12 Å². The van der Waals surface area contributed by atoms with Crippen molar-refractivity contribution >= 4 is 52.3 Å². The maximum absolute atomic E-state index is 10.3. The van der Waals surface area contributed by atoms with Crippen LogP contribution in [0, 0.1) is 0 Å². The summed E-state index contributed by atoms with van der Waals surface area (Å²) in [4.78, 5) is 9.80. The van der Waals surface area contributed by atoms with Gasteiger partial charge in [0, 0.05) is 39.1 Å². The van der Waals surface area contributed by atoms with Gasteiger partial charge in [-0.15, -0.1) is 0 Å². The number of nitrogens with zero attached hydrogens (tertiary/aromatic N) is 3. The molecule has 0 radical (unpaired) electrons. The maximum Gasteiger partial charge on any atom is 0.488 e. The monoisotopic (exact) mass is 491 g/mol. The lowest BCUT2D eigenvalue weighted by atomic mass is 9.79. The Labute approximate surface area is 201 Å². The Morgan fingerprint density at radius 3 is 2.47 bits per heavy atom. The largest absolute Gasteiger partial charge is 0.492 e. The van der Waals surface area contributed by atoms with E-state index in [0.717, 1.165) is 60.3 Å². The fourth-order valence-electron chi connectivity index (χ4n) is 3.78. The van der Waals surface area contributed by atoms with Crippen LogP contribution in [-0.4, -0.2) is 64.9 Å². The van der Waals surface area contributed by atoms with Crippen LogP contribution in [0.5, 0.6) is 5.88 Å². The summed E-state index contributed by atoms with van der Waals surface area (Å²) in [5.74, 6) is 0.0736. The molecule has 3 aromatic rings. The van der Waals surface area contributed by atoms with Gasteiger partial charge in [-0.3, -0.25) is 4.90 Å². The second kappa shape index (κ2) is 10.4. The van der Waals surface area contributed by atoms with Crippen molar-refractivity contribution in [3.63, 3.8) is 0 Å². The van der Waals surface area contributed by atoms with Gasteiger partial charge in [-0.2, -0.15) is 4.98 Å². The number of rotatable bonds is 7. The molecule has 32 heavy (non-hydrogen) atoms. The van der Waals surface area contributed by atoms with Gasteiger partial charge in [0.2, 0.25) is 5.88 Å². The van der Waals surface area contributed by atoms with Crippen molar-refractivity contribution in [3.05, 3.63) is 68.5 Å². The Morgan fingerprint density at radius 2 is 1.75 bits per heavy atom. The summed E-state index contributed by atoms with van der Waals surface area (Å²) in [6, 6.07) is 12.9. The number of benzene rings is 2. The van der Waals surface area contributed by atoms with E-state index in [1.54, 1.807) is 12.1 Å². The lowest BCUT2D eigenvalue weighted by Crippen LogP contribution is -2.47. The second-order valence-corrected chi connectivity index (χ2v) is 9.74. The average molecular weight is 492 g/mol. The Bertz CT molecular complexity index is 1070. The van der Waals surface area contributed by atoms with Gasteiger partial charge in [-0.1, -0.05) is 64.9 Å². The summed E-state index contributed by atoms with van der Waals surface area (Å²) in [6.07, 6.45) is 1.41. The minimum atomic E-state index is -1.44. The van der Waals surface area contributed by atoms with Crippen LogP contribution in [0.4, 0.5) is 5.13 Å². The average Bonchev–Trinajstić information content (AvgIpc) is 3.15. The molecule has 0 bridgehead atoms. The zero-order chi connectivity index (χ0) is 22.7. The van der Waals surface area contributed by atoms with Crippen LogP contribution in [0.1, 0.15) is 16.0 Å². The molecule has 10 heteroatoms.